The van der Waals surface area contributed by atoms with Crippen molar-refractivity contribution in [2.45, 2.75) is 38.1 Å². The number of ether oxygens (including phenoxy) is 1. The summed E-state index contributed by atoms with van der Waals surface area (Å²) in [7, 11) is 0. The maximum absolute atomic E-state index is 5.72. The number of hydrogen-bond acceptors (Lipinski definition) is 3. The zero-order valence-corrected chi connectivity index (χ0v) is 12.8. The lowest BCUT2D eigenvalue weighted by Crippen LogP contribution is -2.40. The molecule has 3 nitrogen and oxygen atoms in total. The molecule has 4 heteroatoms. The molecule has 20 heavy (non-hydrogen) atoms. The first-order valence-corrected chi connectivity index (χ1v) is 8.39. The standard InChI is InChI=1S/C16H22N2OS/c1-13-5-4-6-14(11-13)19-10-9-17-15-18-16(12-20-15)7-2-3-8-16/h4-6,11H,2-3,7-10,12H2,1H3,(H,17,18). The van der Waals surface area contributed by atoms with Gasteiger partial charge in [0.15, 0.2) is 5.17 Å². The molecule has 1 saturated heterocycles. The molecule has 0 radical (unpaired) electrons. The van der Waals surface area contributed by atoms with Crippen LogP contribution in [0.15, 0.2) is 29.3 Å². The lowest BCUT2D eigenvalue weighted by molar-refractivity contribution is 0.328. The van der Waals surface area contributed by atoms with Gasteiger partial charge < -0.3 is 10.1 Å². The van der Waals surface area contributed by atoms with Crippen molar-refractivity contribution in [2.75, 3.05) is 18.9 Å². The first-order valence-electron chi connectivity index (χ1n) is 7.41. The van der Waals surface area contributed by atoms with Crippen molar-refractivity contribution in [1.82, 2.24) is 5.32 Å². The Kier molecular flexibility index (Phi) is 4.20. The Morgan fingerprint density at radius 3 is 3.00 bits per heavy atom. The number of amidine groups is 1. The zero-order chi connectivity index (χ0) is 13.8. The van der Waals surface area contributed by atoms with E-state index in [9.17, 15) is 0 Å². The van der Waals surface area contributed by atoms with E-state index in [0.29, 0.717) is 12.1 Å². The molecule has 3 rings (SSSR count). The van der Waals surface area contributed by atoms with Crippen molar-refractivity contribution < 1.29 is 4.74 Å². The van der Waals surface area contributed by atoms with Crippen LogP contribution in [-0.2, 0) is 0 Å². The Morgan fingerprint density at radius 2 is 2.20 bits per heavy atom. The summed E-state index contributed by atoms with van der Waals surface area (Å²) in [6, 6.07) is 8.15. The summed E-state index contributed by atoms with van der Waals surface area (Å²) >= 11 is 1.87. The van der Waals surface area contributed by atoms with Crippen molar-refractivity contribution in [3.63, 3.8) is 0 Å². The molecule has 1 aliphatic carbocycles. The molecule has 0 unspecified atom stereocenters. The Labute approximate surface area is 125 Å². The highest BCUT2D eigenvalue weighted by atomic mass is 32.2. The van der Waals surface area contributed by atoms with Crippen LogP contribution in [0, 0.1) is 6.92 Å². The van der Waals surface area contributed by atoms with E-state index in [0.717, 1.165) is 17.5 Å². The Bertz CT molecular complexity index is 495. The van der Waals surface area contributed by atoms with E-state index in [1.807, 2.05) is 23.9 Å². The van der Waals surface area contributed by atoms with Gasteiger partial charge in [-0.05, 0) is 37.5 Å². The van der Waals surface area contributed by atoms with E-state index in [1.165, 1.54) is 37.0 Å². The average molecular weight is 290 g/mol. The van der Waals surface area contributed by atoms with Gasteiger partial charge in [-0.3, -0.25) is 4.99 Å². The fourth-order valence-electron chi connectivity index (χ4n) is 2.93. The van der Waals surface area contributed by atoms with E-state index in [1.54, 1.807) is 0 Å². The molecule has 0 amide bonds. The normalized spacial score (nSPS) is 22.4. The molecule has 2 fully saturated rings. The van der Waals surface area contributed by atoms with Crippen molar-refractivity contribution in [2.24, 2.45) is 4.99 Å². The molecule has 1 spiro atoms. The van der Waals surface area contributed by atoms with Gasteiger partial charge in [0.2, 0.25) is 0 Å². The number of thioether (sulfide) groups is 1. The Balaban J connectivity index is 1.45. The SMILES string of the molecule is Cc1cccc(OCCN=C2NC3(CCCC3)CS2)c1. The molecule has 1 N–H and O–H groups in total. The number of aryl methyl sites for hydroxylation is 1. The van der Waals surface area contributed by atoms with Crippen LogP contribution in [0.5, 0.6) is 5.75 Å². The van der Waals surface area contributed by atoms with E-state index in [2.05, 4.69) is 29.4 Å². The molecular formula is C16H22N2OS. The third-order valence-electron chi connectivity index (χ3n) is 4.02. The third kappa shape index (κ3) is 3.29. The van der Waals surface area contributed by atoms with Crippen LogP contribution in [0.2, 0.25) is 0 Å². The topological polar surface area (TPSA) is 33.6 Å². The molecule has 1 heterocycles. The second-order valence-corrected chi connectivity index (χ2v) is 6.72. The maximum Gasteiger partial charge on any atom is 0.157 e. The number of nitrogens with zero attached hydrogens (tertiary/aromatic N) is 1. The summed E-state index contributed by atoms with van der Waals surface area (Å²) < 4.78 is 5.72. The lowest BCUT2D eigenvalue weighted by atomic mass is 10.0. The van der Waals surface area contributed by atoms with E-state index >= 15 is 0 Å². The molecule has 0 aromatic heterocycles. The molecular weight excluding hydrogens is 268 g/mol. The fraction of sp³-hybridized carbons (Fsp3) is 0.562. The van der Waals surface area contributed by atoms with Gasteiger partial charge in [-0.2, -0.15) is 0 Å². The molecule has 0 atom stereocenters. The van der Waals surface area contributed by atoms with Gasteiger partial charge in [-0.25, -0.2) is 0 Å². The molecule has 1 aliphatic heterocycles. The summed E-state index contributed by atoms with van der Waals surface area (Å²) in [4.78, 5) is 4.62. The van der Waals surface area contributed by atoms with Gasteiger partial charge >= 0.3 is 0 Å². The Hall–Kier alpha value is -1.16. The van der Waals surface area contributed by atoms with Crippen LogP contribution in [0.3, 0.4) is 0 Å². The highest BCUT2D eigenvalue weighted by Crippen LogP contribution is 2.37. The second-order valence-electron chi connectivity index (χ2n) is 5.75. The minimum absolute atomic E-state index is 0.362. The first-order chi connectivity index (χ1) is 9.76. The number of rotatable bonds is 4. The van der Waals surface area contributed by atoms with Crippen molar-refractivity contribution in [1.29, 1.82) is 0 Å². The van der Waals surface area contributed by atoms with Gasteiger partial charge in [0, 0.05) is 11.3 Å². The lowest BCUT2D eigenvalue weighted by Gasteiger charge is -2.21. The molecule has 1 saturated carbocycles. The summed E-state index contributed by atoms with van der Waals surface area (Å²) in [5.41, 5.74) is 1.59. The van der Waals surface area contributed by atoms with Crippen LogP contribution >= 0.6 is 11.8 Å². The van der Waals surface area contributed by atoms with Gasteiger partial charge in [-0.1, -0.05) is 36.7 Å². The van der Waals surface area contributed by atoms with E-state index in [-0.39, 0.29) is 0 Å². The van der Waals surface area contributed by atoms with Gasteiger partial charge in [0.1, 0.15) is 12.4 Å². The molecule has 2 aliphatic rings. The van der Waals surface area contributed by atoms with Crippen LogP contribution < -0.4 is 10.1 Å². The Morgan fingerprint density at radius 1 is 1.35 bits per heavy atom. The fourth-order valence-corrected chi connectivity index (χ4v) is 4.17. The summed E-state index contributed by atoms with van der Waals surface area (Å²) in [6.07, 6.45) is 5.33. The number of benzene rings is 1. The smallest absolute Gasteiger partial charge is 0.157 e. The predicted molar refractivity (Wildman–Crippen MR) is 85.8 cm³/mol. The summed E-state index contributed by atoms with van der Waals surface area (Å²) in [5, 5.41) is 4.74. The average Bonchev–Trinajstić information content (AvgIpc) is 3.06. The van der Waals surface area contributed by atoms with Gasteiger partial charge in [-0.15, -0.1) is 0 Å². The van der Waals surface area contributed by atoms with Crippen molar-refractivity contribution >= 4 is 16.9 Å². The van der Waals surface area contributed by atoms with Crippen molar-refractivity contribution in [3.05, 3.63) is 29.8 Å². The van der Waals surface area contributed by atoms with E-state index < -0.39 is 0 Å². The number of nitrogens with one attached hydrogen (secondary N) is 1. The maximum atomic E-state index is 5.72. The highest BCUT2D eigenvalue weighted by molar-refractivity contribution is 8.14. The second kappa shape index (κ2) is 6.08. The monoisotopic (exact) mass is 290 g/mol. The largest absolute Gasteiger partial charge is 0.492 e. The van der Waals surface area contributed by atoms with E-state index in [4.69, 9.17) is 4.74 Å². The molecule has 1 aromatic carbocycles. The van der Waals surface area contributed by atoms with Gasteiger partial charge in [0.05, 0.1) is 6.54 Å². The minimum atomic E-state index is 0.362. The molecule has 1 aromatic rings. The number of hydrogen-bond donors (Lipinski definition) is 1. The quantitative estimate of drug-likeness (QED) is 0.863. The summed E-state index contributed by atoms with van der Waals surface area (Å²) in [5.74, 6) is 2.12. The van der Waals surface area contributed by atoms with Crippen LogP contribution in [0.4, 0.5) is 0 Å². The molecule has 108 valence electrons. The summed E-state index contributed by atoms with van der Waals surface area (Å²) in [6.45, 7) is 3.44. The van der Waals surface area contributed by atoms with Gasteiger partial charge in [0.25, 0.3) is 0 Å². The molecule has 0 bridgehead atoms. The first kappa shape index (κ1) is 13.8. The van der Waals surface area contributed by atoms with Crippen LogP contribution in [-0.4, -0.2) is 29.6 Å². The third-order valence-corrected chi connectivity index (χ3v) is 5.22. The minimum Gasteiger partial charge on any atom is -0.492 e. The number of aliphatic imine (C=N–C) groups is 1. The van der Waals surface area contributed by atoms with Crippen LogP contribution in [0.25, 0.3) is 0 Å². The predicted octanol–water partition coefficient (Wildman–Crippen LogP) is 3.38. The van der Waals surface area contributed by atoms with Crippen molar-refractivity contribution in [3.8, 4) is 5.75 Å². The zero-order valence-electron chi connectivity index (χ0n) is 12.0. The van der Waals surface area contributed by atoms with Crippen LogP contribution in [0.1, 0.15) is 31.2 Å². The highest BCUT2D eigenvalue weighted by Gasteiger charge is 2.39.